The Labute approximate surface area is 115 Å². The zero-order chi connectivity index (χ0) is 14.0. The maximum absolute atomic E-state index is 11.7. The van der Waals surface area contributed by atoms with Gasteiger partial charge in [-0.05, 0) is 12.8 Å². The van der Waals surface area contributed by atoms with Gasteiger partial charge in [0.15, 0.2) is 0 Å². The summed E-state index contributed by atoms with van der Waals surface area (Å²) in [5.41, 5.74) is 6.43. The van der Waals surface area contributed by atoms with E-state index in [9.17, 15) is 15.2 Å². The third-order valence-corrected chi connectivity index (χ3v) is 4.42. The minimum atomic E-state index is -0.396. The summed E-state index contributed by atoms with van der Waals surface area (Å²) in [6.45, 7) is 1.24. The van der Waals surface area contributed by atoms with Gasteiger partial charge in [-0.2, -0.15) is 5.26 Å². The third kappa shape index (κ3) is 2.50. The van der Waals surface area contributed by atoms with E-state index in [1.54, 1.807) is 0 Å². The molecule has 1 fully saturated rings. The highest BCUT2D eigenvalue weighted by atomic mass is 32.1. The van der Waals surface area contributed by atoms with Gasteiger partial charge in [0.25, 0.3) is 5.91 Å². The van der Waals surface area contributed by atoms with Crippen LogP contribution in [0.4, 0.5) is 10.7 Å². The van der Waals surface area contributed by atoms with Crippen LogP contribution in [0, 0.1) is 11.3 Å². The number of hydrogen-bond acceptors (Lipinski definition) is 6. The van der Waals surface area contributed by atoms with E-state index in [4.69, 9.17) is 5.73 Å². The summed E-state index contributed by atoms with van der Waals surface area (Å²) in [7, 11) is 1.53. The van der Waals surface area contributed by atoms with Gasteiger partial charge in [-0.1, -0.05) is 0 Å². The molecule has 1 saturated heterocycles. The van der Waals surface area contributed by atoms with Crippen LogP contribution in [0.2, 0.25) is 0 Å². The van der Waals surface area contributed by atoms with Crippen molar-refractivity contribution in [1.82, 2.24) is 5.32 Å². The van der Waals surface area contributed by atoms with Gasteiger partial charge in [0.1, 0.15) is 21.5 Å². The van der Waals surface area contributed by atoms with Crippen LogP contribution < -0.4 is 16.0 Å². The van der Waals surface area contributed by atoms with Crippen LogP contribution in [0.3, 0.4) is 0 Å². The molecule has 4 N–H and O–H groups in total. The highest BCUT2D eigenvalue weighted by molar-refractivity contribution is 7.19. The second-order valence-electron chi connectivity index (χ2n) is 4.46. The Morgan fingerprint density at radius 3 is 3.00 bits per heavy atom. The zero-order valence-electron chi connectivity index (χ0n) is 10.6. The predicted octanol–water partition coefficient (Wildman–Crippen LogP) is 0.523. The molecular formula is C12H16N4O2S. The zero-order valence-corrected chi connectivity index (χ0v) is 11.5. The standard InChI is InChI=1S/C12H16N4O2S/c1-15-11(18)10-9(14)8(5-13)12(19-10)16-4-2-3-7(17)6-16/h7,17H,2-4,6,14H2,1H3,(H,15,18). The van der Waals surface area contributed by atoms with Crippen molar-refractivity contribution in [3.63, 3.8) is 0 Å². The Kier molecular flexibility index (Phi) is 3.93. The minimum absolute atomic E-state index is 0.224. The Morgan fingerprint density at radius 1 is 1.68 bits per heavy atom. The molecule has 1 aliphatic rings. The highest BCUT2D eigenvalue weighted by Crippen LogP contribution is 2.38. The summed E-state index contributed by atoms with van der Waals surface area (Å²) >= 11 is 1.21. The summed E-state index contributed by atoms with van der Waals surface area (Å²) in [5.74, 6) is -0.289. The molecule has 1 atom stereocenters. The number of nitrogens with zero attached hydrogens (tertiary/aromatic N) is 2. The number of β-amino-alcohol motifs (C(OH)–C–C–N with tert-alkyl or cyclic N) is 1. The number of piperidine rings is 1. The van der Waals surface area contributed by atoms with Crippen LogP contribution in [0.25, 0.3) is 0 Å². The first kappa shape index (κ1) is 13.6. The number of nitriles is 1. The van der Waals surface area contributed by atoms with Gasteiger partial charge in [0.05, 0.1) is 11.8 Å². The molecule has 0 spiro atoms. The molecule has 2 heterocycles. The fourth-order valence-electron chi connectivity index (χ4n) is 2.18. The summed E-state index contributed by atoms with van der Waals surface area (Å²) in [5, 5.41) is 22.1. The first-order chi connectivity index (χ1) is 9.08. The van der Waals surface area contributed by atoms with Crippen molar-refractivity contribution >= 4 is 27.9 Å². The maximum atomic E-state index is 11.7. The van der Waals surface area contributed by atoms with E-state index in [0.717, 1.165) is 19.4 Å². The molecule has 1 aromatic heterocycles. The quantitative estimate of drug-likeness (QED) is 0.733. The van der Waals surface area contributed by atoms with E-state index < -0.39 is 6.10 Å². The molecule has 0 aliphatic carbocycles. The van der Waals surface area contributed by atoms with E-state index in [-0.39, 0.29) is 11.6 Å². The van der Waals surface area contributed by atoms with Gasteiger partial charge in [0.2, 0.25) is 0 Å². The first-order valence-electron chi connectivity index (χ1n) is 6.06. The number of nitrogens with two attached hydrogens (primary N) is 1. The largest absolute Gasteiger partial charge is 0.396 e. The van der Waals surface area contributed by atoms with Gasteiger partial charge in [0, 0.05) is 20.1 Å². The lowest BCUT2D eigenvalue weighted by Gasteiger charge is -2.30. The topological polar surface area (TPSA) is 102 Å². The molecule has 1 unspecified atom stereocenters. The van der Waals surface area contributed by atoms with Crippen molar-refractivity contribution in [2.45, 2.75) is 18.9 Å². The lowest BCUT2D eigenvalue weighted by molar-refractivity contribution is 0.0968. The molecule has 7 heteroatoms. The van der Waals surface area contributed by atoms with Crippen molar-refractivity contribution in [1.29, 1.82) is 5.26 Å². The Bertz CT molecular complexity index is 535. The number of carbonyl (C=O) groups is 1. The average Bonchev–Trinajstić information content (AvgIpc) is 2.75. The van der Waals surface area contributed by atoms with Crippen LogP contribution in [0.15, 0.2) is 0 Å². The van der Waals surface area contributed by atoms with E-state index >= 15 is 0 Å². The first-order valence-corrected chi connectivity index (χ1v) is 6.87. The van der Waals surface area contributed by atoms with Gasteiger partial charge in [-0.3, -0.25) is 4.79 Å². The lowest BCUT2D eigenvalue weighted by atomic mass is 10.1. The van der Waals surface area contributed by atoms with Crippen LogP contribution in [0.5, 0.6) is 0 Å². The second-order valence-corrected chi connectivity index (χ2v) is 5.46. The molecule has 102 valence electrons. The number of nitrogen functional groups attached to an aromatic ring is 1. The van der Waals surface area contributed by atoms with Crippen molar-refractivity contribution < 1.29 is 9.90 Å². The summed E-state index contributed by atoms with van der Waals surface area (Å²) < 4.78 is 0. The SMILES string of the molecule is CNC(=O)c1sc(N2CCCC(O)C2)c(C#N)c1N. The Balaban J connectivity index is 2.40. The van der Waals surface area contributed by atoms with E-state index in [2.05, 4.69) is 11.4 Å². The third-order valence-electron chi connectivity index (χ3n) is 3.16. The van der Waals surface area contributed by atoms with E-state index in [0.29, 0.717) is 22.0 Å². The van der Waals surface area contributed by atoms with Crippen molar-refractivity contribution in [3.8, 4) is 6.07 Å². The Morgan fingerprint density at radius 2 is 2.42 bits per heavy atom. The Hall–Kier alpha value is -1.78. The van der Waals surface area contributed by atoms with Gasteiger partial charge in [-0.25, -0.2) is 0 Å². The fourth-order valence-corrected chi connectivity index (χ4v) is 3.34. The molecule has 0 saturated carbocycles. The van der Waals surface area contributed by atoms with Gasteiger partial charge < -0.3 is 21.1 Å². The summed E-state index contributed by atoms with van der Waals surface area (Å²) in [6.07, 6.45) is 1.23. The normalized spacial score (nSPS) is 19.0. The number of carbonyl (C=O) groups excluding carboxylic acids is 1. The van der Waals surface area contributed by atoms with Crippen molar-refractivity contribution in [3.05, 3.63) is 10.4 Å². The van der Waals surface area contributed by atoms with Gasteiger partial charge >= 0.3 is 0 Å². The highest BCUT2D eigenvalue weighted by Gasteiger charge is 2.26. The molecule has 0 aromatic carbocycles. The molecule has 6 nitrogen and oxygen atoms in total. The number of aliphatic hydroxyl groups excluding tert-OH is 1. The van der Waals surface area contributed by atoms with Gasteiger partial charge in [-0.15, -0.1) is 11.3 Å². The summed E-state index contributed by atoms with van der Waals surface area (Å²) in [6, 6.07) is 2.06. The number of aliphatic hydroxyl groups is 1. The van der Waals surface area contributed by atoms with Crippen molar-refractivity contribution in [2.24, 2.45) is 0 Å². The average molecular weight is 280 g/mol. The van der Waals surface area contributed by atoms with Crippen LogP contribution in [-0.2, 0) is 0 Å². The number of rotatable bonds is 2. The van der Waals surface area contributed by atoms with E-state index in [1.807, 2.05) is 4.90 Å². The molecule has 1 aromatic rings. The minimum Gasteiger partial charge on any atom is -0.396 e. The number of nitrogens with one attached hydrogen (secondary N) is 1. The second kappa shape index (κ2) is 5.47. The molecule has 19 heavy (non-hydrogen) atoms. The van der Waals surface area contributed by atoms with Crippen LogP contribution in [0.1, 0.15) is 28.1 Å². The number of thiophene rings is 1. The van der Waals surface area contributed by atoms with E-state index in [1.165, 1.54) is 18.4 Å². The smallest absolute Gasteiger partial charge is 0.263 e. The predicted molar refractivity (Wildman–Crippen MR) is 74.3 cm³/mol. The summed E-state index contributed by atoms with van der Waals surface area (Å²) in [4.78, 5) is 14.0. The lowest BCUT2D eigenvalue weighted by Crippen LogP contribution is -2.38. The number of hydrogen-bond donors (Lipinski definition) is 3. The number of anilines is 2. The van der Waals surface area contributed by atoms with Crippen LogP contribution in [-0.4, -0.2) is 37.3 Å². The molecule has 0 bridgehead atoms. The maximum Gasteiger partial charge on any atom is 0.263 e. The molecule has 1 aliphatic heterocycles. The molecular weight excluding hydrogens is 264 g/mol. The monoisotopic (exact) mass is 280 g/mol. The molecule has 0 radical (unpaired) electrons. The molecule has 1 amide bonds. The fraction of sp³-hybridized carbons (Fsp3) is 0.500. The molecule has 2 rings (SSSR count). The van der Waals surface area contributed by atoms with Crippen LogP contribution >= 0.6 is 11.3 Å². The number of amides is 1. The van der Waals surface area contributed by atoms with Crippen molar-refractivity contribution in [2.75, 3.05) is 30.8 Å².